The molecular weight excluding hydrogens is 182 g/mol. The number of aliphatic carboxylic acids is 1. The number of fused-ring (bicyclic) bond motifs is 1. The number of aromatic nitrogens is 3. The fourth-order valence-corrected chi connectivity index (χ4v) is 1.40. The number of hydrogen-bond acceptors (Lipinski definition) is 2. The number of hydrogen-bond donors (Lipinski definition) is 1. The fraction of sp³-hybridized carbons (Fsp3) is 0.333. The van der Waals surface area contributed by atoms with Crippen LogP contribution >= 0.6 is 0 Å². The van der Waals surface area contributed by atoms with Gasteiger partial charge < -0.3 is 5.11 Å². The summed E-state index contributed by atoms with van der Waals surface area (Å²) in [6.45, 7) is 0. The van der Waals surface area contributed by atoms with Gasteiger partial charge in [0, 0.05) is 25.7 Å². The number of carboxylic acids is 1. The molecule has 0 unspecified atom stereocenters. The van der Waals surface area contributed by atoms with Crippen molar-refractivity contribution >= 4 is 11.6 Å². The van der Waals surface area contributed by atoms with E-state index in [0.29, 0.717) is 6.42 Å². The average molecular weight is 193 g/mol. The highest BCUT2D eigenvalue weighted by atomic mass is 16.4. The number of imidazole rings is 1. The summed E-state index contributed by atoms with van der Waals surface area (Å²) in [7, 11) is 1.91. The highest BCUT2D eigenvalue weighted by Gasteiger charge is 2.05. The maximum Gasteiger partial charge on any atom is 0.303 e. The van der Waals surface area contributed by atoms with Gasteiger partial charge in [0.25, 0.3) is 0 Å². The number of nitrogens with zero attached hydrogens (tertiary/aromatic N) is 3. The summed E-state index contributed by atoms with van der Waals surface area (Å²) < 4.78 is 3.78. The zero-order valence-electron chi connectivity index (χ0n) is 7.84. The molecule has 0 saturated heterocycles. The predicted octanol–water partition coefficient (Wildman–Crippen LogP) is 0.690. The van der Waals surface area contributed by atoms with Crippen LogP contribution in [0.5, 0.6) is 0 Å². The van der Waals surface area contributed by atoms with Gasteiger partial charge in [0.05, 0.1) is 18.3 Å². The van der Waals surface area contributed by atoms with Gasteiger partial charge in [-0.25, -0.2) is 9.50 Å². The fourth-order valence-electron chi connectivity index (χ4n) is 1.40. The molecule has 0 bridgehead atoms. The standard InChI is InChI=1S/C9H11N3O2/c1-11-5-4-8-10-7(6-12(8)11)2-3-9(13)14/h4-6H,2-3H2,1H3,(H,13,14). The van der Waals surface area contributed by atoms with Crippen molar-refractivity contribution in [2.45, 2.75) is 12.8 Å². The van der Waals surface area contributed by atoms with E-state index in [0.717, 1.165) is 11.3 Å². The van der Waals surface area contributed by atoms with E-state index >= 15 is 0 Å². The highest BCUT2D eigenvalue weighted by molar-refractivity contribution is 5.67. The lowest BCUT2D eigenvalue weighted by molar-refractivity contribution is -0.136. The summed E-state index contributed by atoms with van der Waals surface area (Å²) in [5.74, 6) is -0.790. The zero-order chi connectivity index (χ0) is 10.1. The molecule has 0 spiro atoms. The first kappa shape index (κ1) is 8.80. The molecule has 0 aliphatic heterocycles. The summed E-state index contributed by atoms with van der Waals surface area (Å²) in [6.07, 6.45) is 4.38. The van der Waals surface area contributed by atoms with Crippen molar-refractivity contribution in [2.24, 2.45) is 7.05 Å². The van der Waals surface area contributed by atoms with Crippen LogP contribution in [-0.4, -0.2) is 25.3 Å². The maximum atomic E-state index is 10.4. The molecule has 0 atom stereocenters. The van der Waals surface area contributed by atoms with Gasteiger partial charge in [-0.3, -0.25) is 9.48 Å². The lowest BCUT2D eigenvalue weighted by Gasteiger charge is -1.92. The van der Waals surface area contributed by atoms with Crippen molar-refractivity contribution in [3.8, 4) is 0 Å². The molecule has 0 aromatic carbocycles. The minimum Gasteiger partial charge on any atom is -0.481 e. The van der Waals surface area contributed by atoms with Crippen LogP contribution < -0.4 is 0 Å². The van der Waals surface area contributed by atoms with E-state index < -0.39 is 5.97 Å². The Balaban J connectivity index is 2.23. The molecule has 0 saturated carbocycles. The molecule has 1 N–H and O–H groups in total. The van der Waals surface area contributed by atoms with E-state index in [1.807, 2.05) is 34.7 Å². The topological polar surface area (TPSA) is 59.5 Å². The van der Waals surface area contributed by atoms with Crippen molar-refractivity contribution in [1.82, 2.24) is 14.2 Å². The second-order valence-electron chi connectivity index (χ2n) is 3.22. The molecule has 2 heterocycles. The molecule has 14 heavy (non-hydrogen) atoms. The van der Waals surface area contributed by atoms with Gasteiger partial charge in [0.15, 0.2) is 5.65 Å². The van der Waals surface area contributed by atoms with Crippen molar-refractivity contribution in [1.29, 1.82) is 0 Å². The summed E-state index contributed by atoms with van der Waals surface area (Å²) in [4.78, 5) is 14.6. The minimum absolute atomic E-state index is 0.129. The zero-order valence-corrected chi connectivity index (χ0v) is 7.84. The summed E-state index contributed by atoms with van der Waals surface area (Å²) >= 11 is 0. The Morgan fingerprint density at radius 2 is 2.43 bits per heavy atom. The molecule has 0 aliphatic carbocycles. The van der Waals surface area contributed by atoms with Gasteiger partial charge >= 0.3 is 5.97 Å². The van der Waals surface area contributed by atoms with Gasteiger partial charge in [-0.2, -0.15) is 0 Å². The highest BCUT2D eigenvalue weighted by Crippen LogP contribution is 2.06. The third-order valence-electron chi connectivity index (χ3n) is 2.14. The van der Waals surface area contributed by atoms with Crippen LogP contribution in [0.1, 0.15) is 12.1 Å². The van der Waals surface area contributed by atoms with Gasteiger partial charge in [-0.15, -0.1) is 0 Å². The molecule has 74 valence electrons. The third kappa shape index (κ3) is 1.48. The SMILES string of the molecule is Cn1ccc2nc(CCC(=O)O)cn21. The molecule has 0 radical (unpaired) electrons. The van der Waals surface area contributed by atoms with E-state index in [2.05, 4.69) is 4.98 Å². The Bertz CT molecular complexity index is 469. The Kier molecular flexibility index (Phi) is 1.99. The molecule has 5 heteroatoms. The molecule has 2 aromatic heterocycles. The van der Waals surface area contributed by atoms with Crippen molar-refractivity contribution in [3.63, 3.8) is 0 Å². The Hall–Kier alpha value is -1.78. The molecule has 0 aliphatic rings. The normalized spacial score (nSPS) is 10.9. The van der Waals surface area contributed by atoms with Gasteiger partial charge in [0.1, 0.15) is 0 Å². The van der Waals surface area contributed by atoms with Crippen LogP contribution in [0, 0.1) is 0 Å². The van der Waals surface area contributed by atoms with Crippen molar-refractivity contribution in [2.75, 3.05) is 0 Å². The Morgan fingerprint density at radius 1 is 1.64 bits per heavy atom. The summed E-state index contributed by atoms with van der Waals surface area (Å²) in [5, 5.41) is 8.52. The molecule has 0 amide bonds. The van der Waals surface area contributed by atoms with Crippen LogP contribution in [0.25, 0.3) is 5.65 Å². The van der Waals surface area contributed by atoms with Gasteiger partial charge in [-0.05, 0) is 0 Å². The molecule has 2 rings (SSSR count). The maximum absolute atomic E-state index is 10.4. The number of aryl methyl sites for hydroxylation is 2. The van der Waals surface area contributed by atoms with E-state index in [1.165, 1.54) is 0 Å². The van der Waals surface area contributed by atoms with Crippen LogP contribution in [0.2, 0.25) is 0 Å². The monoisotopic (exact) mass is 193 g/mol. The van der Waals surface area contributed by atoms with E-state index in [1.54, 1.807) is 0 Å². The lowest BCUT2D eigenvalue weighted by atomic mass is 10.2. The van der Waals surface area contributed by atoms with Gasteiger partial charge in [-0.1, -0.05) is 0 Å². The second-order valence-corrected chi connectivity index (χ2v) is 3.22. The Morgan fingerprint density at radius 3 is 3.07 bits per heavy atom. The van der Waals surface area contributed by atoms with Crippen LogP contribution in [-0.2, 0) is 18.3 Å². The first-order valence-corrected chi connectivity index (χ1v) is 4.38. The summed E-state index contributed by atoms with van der Waals surface area (Å²) in [5.41, 5.74) is 1.67. The van der Waals surface area contributed by atoms with Crippen molar-refractivity contribution in [3.05, 3.63) is 24.2 Å². The smallest absolute Gasteiger partial charge is 0.303 e. The van der Waals surface area contributed by atoms with Crippen LogP contribution in [0.3, 0.4) is 0 Å². The van der Waals surface area contributed by atoms with E-state index in [-0.39, 0.29) is 6.42 Å². The first-order valence-electron chi connectivity index (χ1n) is 4.38. The Labute approximate surface area is 80.6 Å². The number of rotatable bonds is 3. The van der Waals surface area contributed by atoms with Crippen LogP contribution in [0.15, 0.2) is 18.5 Å². The van der Waals surface area contributed by atoms with E-state index in [9.17, 15) is 4.79 Å². The van der Waals surface area contributed by atoms with Crippen LogP contribution in [0.4, 0.5) is 0 Å². The lowest BCUT2D eigenvalue weighted by Crippen LogP contribution is -1.98. The average Bonchev–Trinajstić information content (AvgIpc) is 2.65. The first-order chi connectivity index (χ1) is 6.66. The number of carboxylic acid groups (broad SMARTS) is 1. The third-order valence-corrected chi connectivity index (χ3v) is 2.14. The van der Waals surface area contributed by atoms with E-state index in [4.69, 9.17) is 5.11 Å². The largest absolute Gasteiger partial charge is 0.481 e. The molecule has 5 nitrogen and oxygen atoms in total. The predicted molar refractivity (Wildman–Crippen MR) is 50.1 cm³/mol. The molecule has 2 aromatic rings. The van der Waals surface area contributed by atoms with Gasteiger partial charge in [0.2, 0.25) is 0 Å². The second kappa shape index (κ2) is 3.17. The molecular formula is C9H11N3O2. The molecule has 0 fully saturated rings. The quantitative estimate of drug-likeness (QED) is 0.780. The minimum atomic E-state index is -0.790. The van der Waals surface area contributed by atoms with Crippen molar-refractivity contribution < 1.29 is 9.90 Å². The number of carbonyl (C=O) groups is 1. The summed E-state index contributed by atoms with van der Waals surface area (Å²) in [6, 6.07) is 1.89.